The molecule has 0 rings (SSSR count). The molecule has 0 aliphatic carbocycles. The first kappa shape index (κ1) is 14.2. The van der Waals surface area contributed by atoms with Crippen LogP contribution in [0.4, 0.5) is 4.79 Å². The van der Waals surface area contributed by atoms with E-state index in [1.807, 2.05) is 0 Å². The predicted octanol–water partition coefficient (Wildman–Crippen LogP) is -2.18. The van der Waals surface area contributed by atoms with E-state index in [9.17, 15) is 14.4 Å². The van der Waals surface area contributed by atoms with Crippen LogP contribution in [0.2, 0.25) is 0 Å². The van der Waals surface area contributed by atoms with E-state index in [1.165, 1.54) is 14.1 Å². The lowest BCUT2D eigenvalue weighted by molar-refractivity contribution is -0.140. The maximum Gasteiger partial charge on any atom is 0.328 e. The van der Waals surface area contributed by atoms with Crippen molar-refractivity contribution in [3.8, 4) is 0 Å². The van der Waals surface area contributed by atoms with Gasteiger partial charge in [-0.1, -0.05) is 0 Å². The number of carboxylic acids is 1. The third-order valence-electron chi connectivity index (χ3n) is 1.78. The maximum absolute atomic E-state index is 11.3. The summed E-state index contributed by atoms with van der Waals surface area (Å²) in [5, 5.41) is 21.6. The third-order valence-corrected chi connectivity index (χ3v) is 1.78. The van der Waals surface area contributed by atoms with Gasteiger partial charge in [0.1, 0.15) is 6.54 Å². The number of nitrogens with one attached hydrogen (secondary N) is 2. The van der Waals surface area contributed by atoms with E-state index in [1.54, 1.807) is 0 Å². The van der Waals surface area contributed by atoms with Crippen LogP contribution in [0.1, 0.15) is 0 Å². The molecule has 0 fully saturated rings. The molecule has 4 N–H and O–H groups in total. The lowest BCUT2D eigenvalue weighted by Gasteiger charge is -2.19. The zero-order chi connectivity index (χ0) is 12.7. The number of carbonyl (C=O) groups is 3. The molecule has 0 aromatic rings. The summed E-state index contributed by atoms with van der Waals surface area (Å²) in [4.78, 5) is 33.7. The SMILES string of the molecule is CNC(=O)CN(C)C(=O)NC(CO)C(=O)O. The van der Waals surface area contributed by atoms with E-state index in [-0.39, 0.29) is 12.5 Å². The van der Waals surface area contributed by atoms with E-state index in [2.05, 4.69) is 10.6 Å². The first-order valence-electron chi connectivity index (χ1n) is 4.48. The lowest BCUT2D eigenvalue weighted by atomic mass is 10.3. The van der Waals surface area contributed by atoms with Crippen molar-refractivity contribution in [2.75, 3.05) is 27.2 Å². The molecule has 8 nitrogen and oxygen atoms in total. The highest BCUT2D eigenvalue weighted by molar-refractivity contribution is 5.86. The van der Waals surface area contributed by atoms with E-state index >= 15 is 0 Å². The Hall–Kier alpha value is -1.83. The number of carboxylic acid groups (broad SMARTS) is 1. The molecule has 0 aromatic carbocycles. The van der Waals surface area contributed by atoms with Crippen LogP contribution in [0, 0.1) is 0 Å². The second-order valence-electron chi connectivity index (χ2n) is 3.05. The second-order valence-corrected chi connectivity index (χ2v) is 3.05. The van der Waals surface area contributed by atoms with Gasteiger partial charge in [-0.3, -0.25) is 4.79 Å². The molecule has 0 saturated heterocycles. The largest absolute Gasteiger partial charge is 0.480 e. The number of likely N-dealkylation sites (N-methyl/N-ethyl adjacent to an activating group) is 2. The molecule has 0 aliphatic heterocycles. The van der Waals surface area contributed by atoms with Gasteiger partial charge in [0, 0.05) is 14.1 Å². The summed E-state index contributed by atoms with van der Waals surface area (Å²) in [5.41, 5.74) is 0. The summed E-state index contributed by atoms with van der Waals surface area (Å²) < 4.78 is 0. The average molecular weight is 233 g/mol. The van der Waals surface area contributed by atoms with Crippen molar-refractivity contribution in [3.05, 3.63) is 0 Å². The van der Waals surface area contributed by atoms with E-state index in [0.717, 1.165) is 4.90 Å². The van der Waals surface area contributed by atoms with Crippen LogP contribution in [0.3, 0.4) is 0 Å². The van der Waals surface area contributed by atoms with Gasteiger partial charge in [-0.15, -0.1) is 0 Å². The molecule has 0 saturated carbocycles. The molecule has 0 radical (unpaired) electrons. The summed E-state index contributed by atoms with van der Waals surface area (Å²) in [5.74, 6) is -1.72. The number of aliphatic hydroxyl groups excluding tert-OH is 1. The highest BCUT2D eigenvalue weighted by Gasteiger charge is 2.21. The monoisotopic (exact) mass is 233 g/mol. The van der Waals surface area contributed by atoms with Gasteiger partial charge < -0.3 is 25.7 Å². The summed E-state index contributed by atoms with van der Waals surface area (Å²) >= 11 is 0. The van der Waals surface area contributed by atoms with Gasteiger partial charge in [0.05, 0.1) is 6.61 Å². The number of amides is 3. The van der Waals surface area contributed by atoms with Crippen LogP contribution in [0.25, 0.3) is 0 Å². The van der Waals surface area contributed by atoms with Crippen molar-refractivity contribution in [1.29, 1.82) is 0 Å². The minimum absolute atomic E-state index is 0.194. The van der Waals surface area contributed by atoms with Crippen LogP contribution >= 0.6 is 0 Å². The Kier molecular flexibility index (Phi) is 5.86. The van der Waals surface area contributed by atoms with Crippen molar-refractivity contribution in [1.82, 2.24) is 15.5 Å². The number of carbonyl (C=O) groups excluding carboxylic acids is 2. The van der Waals surface area contributed by atoms with Crippen molar-refractivity contribution in [2.24, 2.45) is 0 Å². The predicted molar refractivity (Wildman–Crippen MR) is 53.7 cm³/mol. The molecule has 92 valence electrons. The van der Waals surface area contributed by atoms with Crippen molar-refractivity contribution < 1.29 is 24.6 Å². The van der Waals surface area contributed by atoms with Crippen LogP contribution in [0.5, 0.6) is 0 Å². The molecule has 3 amide bonds. The first-order chi connectivity index (χ1) is 7.42. The van der Waals surface area contributed by atoms with E-state index in [4.69, 9.17) is 10.2 Å². The van der Waals surface area contributed by atoms with Crippen molar-refractivity contribution in [3.63, 3.8) is 0 Å². The van der Waals surface area contributed by atoms with Gasteiger partial charge in [0.15, 0.2) is 6.04 Å². The highest BCUT2D eigenvalue weighted by atomic mass is 16.4. The van der Waals surface area contributed by atoms with E-state index in [0.29, 0.717) is 0 Å². The number of urea groups is 1. The maximum atomic E-state index is 11.3. The topological polar surface area (TPSA) is 119 Å². The molecular weight excluding hydrogens is 218 g/mol. The normalized spacial score (nSPS) is 11.4. The van der Waals surface area contributed by atoms with Crippen LogP contribution in [-0.4, -0.2) is 66.3 Å². The fourth-order valence-corrected chi connectivity index (χ4v) is 0.811. The smallest absolute Gasteiger partial charge is 0.328 e. The Morgan fingerprint density at radius 3 is 2.31 bits per heavy atom. The van der Waals surface area contributed by atoms with Gasteiger partial charge in [-0.25, -0.2) is 9.59 Å². The number of aliphatic hydroxyl groups is 1. The molecular formula is C8H15N3O5. The van der Waals surface area contributed by atoms with Crippen LogP contribution in [-0.2, 0) is 9.59 Å². The zero-order valence-corrected chi connectivity index (χ0v) is 9.06. The number of nitrogens with zero attached hydrogens (tertiary/aromatic N) is 1. The number of rotatable bonds is 5. The van der Waals surface area contributed by atoms with Gasteiger partial charge in [-0.05, 0) is 0 Å². The molecule has 1 atom stereocenters. The van der Waals surface area contributed by atoms with Gasteiger partial charge in [-0.2, -0.15) is 0 Å². The Bertz CT molecular complexity index is 281. The van der Waals surface area contributed by atoms with Crippen molar-refractivity contribution in [2.45, 2.75) is 6.04 Å². The van der Waals surface area contributed by atoms with E-state index < -0.39 is 24.6 Å². The Labute approximate surface area is 92.2 Å². The molecule has 0 aromatic heterocycles. The van der Waals surface area contributed by atoms with Gasteiger partial charge in [0.25, 0.3) is 0 Å². The first-order valence-corrected chi connectivity index (χ1v) is 4.48. The molecule has 0 heterocycles. The molecule has 1 unspecified atom stereocenters. The lowest BCUT2D eigenvalue weighted by Crippen LogP contribution is -2.50. The number of aliphatic carboxylic acids is 1. The summed E-state index contributed by atoms with van der Waals surface area (Å²) in [6.07, 6.45) is 0. The van der Waals surface area contributed by atoms with Crippen molar-refractivity contribution >= 4 is 17.9 Å². The minimum atomic E-state index is -1.38. The third kappa shape index (κ3) is 4.60. The number of hydrogen-bond acceptors (Lipinski definition) is 4. The van der Waals surface area contributed by atoms with Crippen LogP contribution < -0.4 is 10.6 Å². The molecule has 8 heteroatoms. The standard InChI is InChI=1S/C8H15N3O5/c1-9-6(13)3-11(2)8(16)10-5(4-12)7(14)15/h5,12H,3-4H2,1-2H3,(H,9,13)(H,10,16)(H,14,15). The highest BCUT2D eigenvalue weighted by Crippen LogP contribution is 1.88. The average Bonchev–Trinajstić information content (AvgIpc) is 2.24. The Morgan fingerprint density at radius 1 is 1.38 bits per heavy atom. The van der Waals surface area contributed by atoms with Gasteiger partial charge in [0.2, 0.25) is 5.91 Å². The Morgan fingerprint density at radius 2 is 1.94 bits per heavy atom. The second kappa shape index (κ2) is 6.62. The fourth-order valence-electron chi connectivity index (χ4n) is 0.811. The summed E-state index contributed by atoms with van der Waals surface area (Å²) in [6, 6.07) is -2.12. The van der Waals surface area contributed by atoms with Gasteiger partial charge >= 0.3 is 12.0 Å². The summed E-state index contributed by atoms with van der Waals surface area (Å²) in [6.45, 7) is -0.908. The molecule has 0 spiro atoms. The summed E-state index contributed by atoms with van der Waals surface area (Å²) in [7, 11) is 2.75. The molecule has 0 bridgehead atoms. The fraction of sp³-hybridized carbons (Fsp3) is 0.625. The number of hydrogen-bond donors (Lipinski definition) is 4. The quantitative estimate of drug-likeness (QED) is 0.430. The molecule has 0 aliphatic rings. The Balaban J connectivity index is 4.23. The van der Waals surface area contributed by atoms with Crippen LogP contribution in [0.15, 0.2) is 0 Å². The minimum Gasteiger partial charge on any atom is -0.480 e. The molecule has 16 heavy (non-hydrogen) atoms. The zero-order valence-electron chi connectivity index (χ0n) is 9.06.